The summed E-state index contributed by atoms with van der Waals surface area (Å²) in [7, 11) is 1.53. The number of hydrogen-bond acceptors (Lipinski definition) is 7. The van der Waals surface area contributed by atoms with Crippen LogP contribution in [-0.2, 0) is 35.1 Å². The van der Waals surface area contributed by atoms with Crippen LogP contribution in [0.25, 0.3) is 0 Å². The van der Waals surface area contributed by atoms with E-state index in [-0.39, 0.29) is 62.7 Å². The number of hydrogen-bond donors (Lipinski definition) is 6. The van der Waals surface area contributed by atoms with Crippen LogP contribution in [0, 0.1) is 5.92 Å². The number of urea groups is 1. The Labute approximate surface area is 266 Å². The molecule has 0 spiro atoms. The first kappa shape index (κ1) is 39.0. The van der Waals surface area contributed by atoms with Crippen LogP contribution >= 0.6 is 0 Å². The van der Waals surface area contributed by atoms with Crippen LogP contribution in [-0.4, -0.2) is 81.9 Å². The van der Waals surface area contributed by atoms with Gasteiger partial charge in [-0.15, -0.1) is 0 Å². The van der Waals surface area contributed by atoms with Crippen LogP contribution in [0.4, 0.5) is 10.5 Å². The Balaban J connectivity index is 2.07. The molecule has 6 amide bonds. The highest BCUT2D eigenvalue weighted by Crippen LogP contribution is 2.17. The van der Waals surface area contributed by atoms with Gasteiger partial charge in [-0.3, -0.25) is 24.0 Å². The standard InChI is InChI=1S/C32H52N6O7/c1-4-9-25(27(39)5-2)10-6-7-16-36-32(44)37-17-8-20-45-21-19-35-30(42)23-31(43)38-26-13-11-24(12-14-26)22-29(41)34-18-15-28(40)33-3/h11-14,25H,4-10,15-23H2,1-3H3,(H,33,40)(H,34,41)(H,35,42)(H,38,43)(H2,36,37,44). The second-order valence-electron chi connectivity index (χ2n) is 10.7. The first-order valence-electron chi connectivity index (χ1n) is 15.9. The van der Waals surface area contributed by atoms with E-state index in [1.165, 1.54) is 7.05 Å². The number of amides is 6. The summed E-state index contributed by atoms with van der Waals surface area (Å²) in [5.41, 5.74) is 1.24. The van der Waals surface area contributed by atoms with E-state index in [2.05, 4.69) is 38.8 Å². The summed E-state index contributed by atoms with van der Waals surface area (Å²) in [6.45, 7) is 6.21. The van der Waals surface area contributed by atoms with Gasteiger partial charge in [-0.1, -0.05) is 38.8 Å². The number of ketones is 1. The molecule has 1 rings (SSSR count). The first-order chi connectivity index (χ1) is 21.7. The fourth-order valence-corrected chi connectivity index (χ4v) is 4.43. The third-order valence-corrected chi connectivity index (χ3v) is 6.90. The van der Waals surface area contributed by atoms with Gasteiger partial charge in [0.25, 0.3) is 0 Å². The number of carbonyl (C=O) groups excluding carboxylic acids is 6. The summed E-state index contributed by atoms with van der Waals surface area (Å²) < 4.78 is 5.47. The fraction of sp³-hybridized carbons (Fsp3) is 0.625. The van der Waals surface area contributed by atoms with E-state index in [4.69, 9.17) is 4.74 Å². The van der Waals surface area contributed by atoms with Crippen molar-refractivity contribution in [2.24, 2.45) is 5.92 Å². The molecule has 252 valence electrons. The SMILES string of the molecule is CCCC(CCCCNC(=O)NCCCOCCNC(=O)CC(=O)Nc1ccc(CC(=O)NCCC(=O)NC)cc1)C(=O)CC. The third kappa shape index (κ3) is 19.8. The summed E-state index contributed by atoms with van der Waals surface area (Å²) in [5, 5.41) is 16.0. The second-order valence-corrected chi connectivity index (χ2v) is 10.7. The number of benzene rings is 1. The van der Waals surface area contributed by atoms with Gasteiger partial charge in [-0.05, 0) is 43.4 Å². The van der Waals surface area contributed by atoms with Crippen LogP contribution in [0.15, 0.2) is 24.3 Å². The third-order valence-electron chi connectivity index (χ3n) is 6.90. The molecule has 1 aromatic carbocycles. The van der Waals surface area contributed by atoms with Gasteiger partial charge in [0.15, 0.2) is 0 Å². The molecule has 0 aliphatic heterocycles. The van der Waals surface area contributed by atoms with E-state index >= 15 is 0 Å². The minimum absolute atomic E-state index is 0.139. The van der Waals surface area contributed by atoms with Gasteiger partial charge in [-0.25, -0.2) is 4.79 Å². The van der Waals surface area contributed by atoms with Crippen molar-refractivity contribution < 1.29 is 33.5 Å². The quantitative estimate of drug-likeness (QED) is 0.0745. The van der Waals surface area contributed by atoms with Crippen LogP contribution < -0.4 is 31.9 Å². The molecule has 0 fully saturated rings. The molecule has 0 aliphatic rings. The summed E-state index contributed by atoms with van der Waals surface area (Å²) in [4.78, 5) is 71.2. The number of ether oxygens (including phenoxy) is 1. The molecule has 0 radical (unpaired) electrons. The van der Waals surface area contributed by atoms with E-state index in [1.54, 1.807) is 24.3 Å². The lowest BCUT2D eigenvalue weighted by atomic mass is 9.91. The molecular formula is C32H52N6O7. The molecule has 0 saturated heterocycles. The van der Waals surface area contributed by atoms with E-state index in [9.17, 15) is 28.8 Å². The van der Waals surface area contributed by atoms with Gasteiger partial charge >= 0.3 is 6.03 Å². The van der Waals surface area contributed by atoms with E-state index in [0.717, 1.165) is 37.7 Å². The van der Waals surface area contributed by atoms with Crippen LogP contribution in [0.5, 0.6) is 0 Å². The van der Waals surface area contributed by atoms with Crippen molar-refractivity contribution >= 4 is 41.1 Å². The molecule has 1 atom stereocenters. The second kappa shape index (κ2) is 24.3. The highest BCUT2D eigenvalue weighted by Gasteiger charge is 2.15. The van der Waals surface area contributed by atoms with Crippen molar-refractivity contribution in [3.8, 4) is 0 Å². The maximum absolute atomic E-state index is 12.2. The zero-order valence-electron chi connectivity index (χ0n) is 27.1. The van der Waals surface area contributed by atoms with Crippen molar-refractivity contribution in [2.45, 2.75) is 78.1 Å². The monoisotopic (exact) mass is 632 g/mol. The van der Waals surface area contributed by atoms with E-state index in [0.29, 0.717) is 44.0 Å². The molecule has 0 aromatic heterocycles. The van der Waals surface area contributed by atoms with Gasteiger partial charge in [-0.2, -0.15) is 0 Å². The van der Waals surface area contributed by atoms with E-state index < -0.39 is 11.8 Å². The molecule has 0 aliphatic carbocycles. The predicted octanol–water partition coefficient (Wildman–Crippen LogP) is 2.20. The molecule has 0 heterocycles. The summed E-state index contributed by atoms with van der Waals surface area (Å²) >= 11 is 0. The molecule has 13 heteroatoms. The number of carbonyl (C=O) groups is 6. The Morgan fingerprint density at radius 3 is 2.07 bits per heavy atom. The maximum Gasteiger partial charge on any atom is 0.314 e. The molecule has 1 aromatic rings. The summed E-state index contributed by atoms with van der Waals surface area (Å²) in [6, 6.07) is 6.48. The minimum Gasteiger partial charge on any atom is -0.380 e. The lowest BCUT2D eigenvalue weighted by molar-refractivity contribution is -0.127. The normalized spacial score (nSPS) is 11.2. The Kier molecular flexibility index (Phi) is 21.1. The van der Waals surface area contributed by atoms with Gasteiger partial charge in [0.1, 0.15) is 12.2 Å². The largest absolute Gasteiger partial charge is 0.380 e. The number of Topliss-reactive ketones (excluding diaryl/α,β-unsaturated/α-hetero) is 1. The van der Waals surface area contributed by atoms with Crippen molar-refractivity contribution in [2.75, 3.05) is 51.8 Å². The van der Waals surface area contributed by atoms with Crippen LogP contribution in [0.3, 0.4) is 0 Å². The summed E-state index contributed by atoms with van der Waals surface area (Å²) in [5.74, 6) is -0.797. The van der Waals surface area contributed by atoms with Crippen LogP contribution in [0.2, 0.25) is 0 Å². The Morgan fingerprint density at radius 1 is 0.711 bits per heavy atom. The average Bonchev–Trinajstić information content (AvgIpc) is 3.01. The first-order valence-corrected chi connectivity index (χ1v) is 15.9. The Morgan fingerprint density at radius 2 is 1.40 bits per heavy atom. The number of rotatable bonds is 24. The van der Waals surface area contributed by atoms with Crippen molar-refractivity contribution in [3.63, 3.8) is 0 Å². The molecule has 45 heavy (non-hydrogen) atoms. The van der Waals surface area contributed by atoms with Gasteiger partial charge < -0.3 is 36.6 Å². The smallest absolute Gasteiger partial charge is 0.314 e. The van der Waals surface area contributed by atoms with Crippen molar-refractivity contribution in [1.82, 2.24) is 26.6 Å². The lowest BCUT2D eigenvalue weighted by Gasteiger charge is -2.14. The highest BCUT2D eigenvalue weighted by atomic mass is 16.5. The molecule has 0 saturated carbocycles. The highest BCUT2D eigenvalue weighted by molar-refractivity contribution is 6.03. The zero-order valence-corrected chi connectivity index (χ0v) is 27.1. The molecule has 1 unspecified atom stereocenters. The number of nitrogens with one attached hydrogen (secondary N) is 6. The Bertz CT molecular complexity index is 1060. The molecule has 13 nitrogen and oxygen atoms in total. The van der Waals surface area contributed by atoms with E-state index in [1.807, 2.05) is 6.92 Å². The van der Waals surface area contributed by atoms with Gasteiger partial charge in [0.05, 0.1) is 13.0 Å². The average molecular weight is 633 g/mol. The summed E-state index contributed by atoms with van der Waals surface area (Å²) in [6.07, 6.45) is 5.75. The van der Waals surface area contributed by atoms with Gasteiger partial charge in [0.2, 0.25) is 23.6 Å². The molecule has 0 bridgehead atoms. The maximum atomic E-state index is 12.2. The number of anilines is 1. The van der Waals surface area contributed by atoms with Crippen LogP contribution in [0.1, 0.15) is 77.2 Å². The topological polar surface area (TPSA) is 184 Å². The molecular weight excluding hydrogens is 580 g/mol. The Hall–Kier alpha value is -4.00. The lowest BCUT2D eigenvalue weighted by Crippen LogP contribution is -2.37. The van der Waals surface area contributed by atoms with Gasteiger partial charge in [0, 0.05) is 64.3 Å². The fourth-order valence-electron chi connectivity index (χ4n) is 4.43. The minimum atomic E-state index is -0.468. The van der Waals surface area contributed by atoms with Crippen molar-refractivity contribution in [1.29, 1.82) is 0 Å². The number of unbranched alkanes of at least 4 members (excludes halogenated alkanes) is 1. The van der Waals surface area contributed by atoms with Crippen molar-refractivity contribution in [3.05, 3.63) is 29.8 Å². The zero-order chi connectivity index (χ0) is 33.3. The predicted molar refractivity (Wildman–Crippen MR) is 172 cm³/mol. The molecule has 6 N–H and O–H groups in total.